The minimum atomic E-state index is -3.57. The van der Waals surface area contributed by atoms with Gasteiger partial charge in [0.2, 0.25) is 0 Å². The molecule has 0 aromatic heterocycles. The highest BCUT2D eigenvalue weighted by molar-refractivity contribution is 7.90. The van der Waals surface area contributed by atoms with Crippen molar-refractivity contribution in [3.8, 4) is 0 Å². The highest BCUT2D eigenvalue weighted by Crippen LogP contribution is 2.23. The van der Waals surface area contributed by atoms with Gasteiger partial charge in [-0.2, -0.15) is 0 Å². The summed E-state index contributed by atoms with van der Waals surface area (Å²) in [6, 6.07) is 3.79. The van der Waals surface area contributed by atoms with Gasteiger partial charge in [-0.1, -0.05) is 11.6 Å². The SMILES string of the molecule is CC1CN(C(=O)COC(=O)c2ccc(Cl)c(S(C)(=O)=O)c2)CCO1. The Bertz CT molecular complexity index is 748. The molecule has 1 aliphatic heterocycles. The van der Waals surface area contributed by atoms with E-state index < -0.39 is 22.4 Å². The molecule has 0 spiro atoms. The minimum Gasteiger partial charge on any atom is -0.452 e. The molecular weight excluding hydrogens is 358 g/mol. The third-order valence-corrected chi connectivity index (χ3v) is 5.07. The molecule has 1 heterocycles. The van der Waals surface area contributed by atoms with E-state index in [0.29, 0.717) is 19.7 Å². The Morgan fingerprint density at radius 2 is 2.12 bits per heavy atom. The first-order valence-corrected chi connectivity index (χ1v) is 9.51. The predicted octanol–water partition coefficient (Wildman–Crippen LogP) is 1.15. The summed E-state index contributed by atoms with van der Waals surface area (Å²) < 4.78 is 33.6. The molecule has 2 rings (SSSR count). The van der Waals surface area contributed by atoms with Gasteiger partial charge in [0.1, 0.15) is 0 Å². The third-order valence-electron chi connectivity index (χ3n) is 3.49. The van der Waals surface area contributed by atoms with Crippen LogP contribution in [0.5, 0.6) is 0 Å². The van der Waals surface area contributed by atoms with E-state index in [1.54, 1.807) is 4.90 Å². The lowest BCUT2D eigenvalue weighted by Crippen LogP contribution is -2.46. The van der Waals surface area contributed by atoms with Gasteiger partial charge in [-0.15, -0.1) is 0 Å². The second-order valence-corrected chi connectivity index (χ2v) is 7.91. The molecule has 1 amide bonds. The van der Waals surface area contributed by atoms with Crippen molar-refractivity contribution in [2.75, 3.05) is 32.6 Å². The highest BCUT2D eigenvalue weighted by atomic mass is 35.5. The van der Waals surface area contributed by atoms with Gasteiger partial charge in [0.15, 0.2) is 16.4 Å². The number of benzene rings is 1. The number of amides is 1. The number of ether oxygens (including phenoxy) is 2. The van der Waals surface area contributed by atoms with Crippen molar-refractivity contribution in [3.63, 3.8) is 0 Å². The van der Waals surface area contributed by atoms with Crippen molar-refractivity contribution in [3.05, 3.63) is 28.8 Å². The van der Waals surface area contributed by atoms with Crippen molar-refractivity contribution < 1.29 is 27.5 Å². The van der Waals surface area contributed by atoms with Crippen LogP contribution in [0.3, 0.4) is 0 Å². The number of esters is 1. The summed E-state index contributed by atoms with van der Waals surface area (Å²) in [6.45, 7) is 2.76. The van der Waals surface area contributed by atoms with Crippen LogP contribution in [0.4, 0.5) is 0 Å². The van der Waals surface area contributed by atoms with Gasteiger partial charge < -0.3 is 14.4 Å². The van der Waals surface area contributed by atoms with Gasteiger partial charge in [-0.3, -0.25) is 4.79 Å². The average Bonchev–Trinajstić information content (AvgIpc) is 2.51. The minimum absolute atomic E-state index is 0.0166. The van der Waals surface area contributed by atoms with Crippen LogP contribution in [0, 0.1) is 0 Å². The number of hydrogen-bond donors (Lipinski definition) is 0. The van der Waals surface area contributed by atoms with Crippen LogP contribution in [0.2, 0.25) is 5.02 Å². The molecule has 1 unspecified atom stereocenters. The molecule has 1 aromatic carbocycles. The zero-order valence-electron chi connectivity index (χ0n) is 13.3. The second kappa shape index (κ2) is 7.50. The largest absolute Gasteiger partial charge is 0.452 e. The van der Waals surface area contributed by atoms with Crippen molar-refractivity contribution in [1.29, 1.82) is 0 Å². The zero-order chi connectivity index (χ0) is 17.9. The number of morpholine rings is 1. The molecule has 9 heteroatoms. The smallest absolute Gasteiger partial charge is 0.338 e. The molecular formula is C15H18ClNO6S. The fourth-order valence-corrected chi connectivity index (χ4v) is 3.56. The van der Waals surface area contributed by atoms with E-state index in [2.05, 4.69) is 0 Å². The normalized spacial score (nSPS) is 18.3. The van der Waals surface area contributed by atoms with E-state index in [1.807, 2.05) is 6.92 Å². The number of halogens is 1. The Balaban J connectivity index is 2.01. The molecule has 132 valence electrons. The number of sulfone groups is 1. The second-order valence-electron chi connectivity index (χ2n) is 5.51. The zero-order valence-corrected chi connectivity index (χ0v) is 14.9. The number of rotatable bonds is 4. The average molecular weight is 376 g/mol. The molecule has 1 saturated heterocycles. The molecule has 0 N–H and O–H groups in total. The lowest BCUT2D eigenvalue weighted by Gasteiger charge is -2.30. The number of hydrogen-bond acceptors (Lipinski definition) is 6. The fourth-order valence-electron chi connectivity index (χ4n) is 2.26. The lowest BCUT2D eigenvalue weighted by atomic mass is 10.2. The van der Waals surface area contributed by atoms with Crippen molar-refractivity contribution in [2.24, 2.45) is 0 Å². The van der Waals surface area contributed by atoms with Gasteiger partial charge in [-0.05, 0) is 25.1 Å². The van der Waals surface area contributed by atoms with E-state index in [9.17, 15) is 18.0 Å². The maximum absolute atomic E-state index is 12.0. The monoisotopic (exact) mass is 375 g/mol. The van der Waals surface area contributed by atoms with Crippen molar-refractivity contribution in [1.82, 2.24) is 4.90 Å². The van der Waals surface area contributed by atoms with Crippen LogP contribution < -0.4 is 0 Å². The first kappa shape index (κ1) is 18.7. The predicted molar refractivity (Wildman–Crippen MR) is 86.8 cm³/mol. The third kappa shape index (κ3) is 4.68. The molecule has 24 heavy (non-hydrogen) atoms. The standard InChI is InChI=1S/C15H18ClNO6S/c1-10-8-17(5-6-22-10)14(18)9-23-15(19)11-3-4-12(16)13(7-11)24(2,20)21/h3-4,7,10H,5-6,8-9H2,1-2H3. The van der Waals surface area contributed by atoms with Crippen LogP contribution in [0.25, 0.3) is 0 Å². The first-order chi connectivity index (χ1) is 11.2. The van der Waals surface area contributed by atoms with Crippen LogP contribution in [-0.2, 0) is 24.1 Å². The lowest BCUT2D eigenvalue weighted by molar-refractivity contribution is -0.141. The molecule has 7 nitrogen and oxygen atoms in total. The summed E-state index contributed by atoms with van der Waals surface area (Å²) in [6.07, 6.45) is 0.930. The van der Waals surface area contributed by atoms with Gasteiger partial charge in [0.05, 0.1) is 28.2 Å². The van der Waals surface area contributed by atoms with Crippen molar-refractivity contribution in [2.45, 2.75) is 17.9 Å². The van der Waals surface area contributed by atoms with Crippen LogP contribution in [0.15, 0.2) is 23.1 Å². The quantitative estimate of drug-likeness (QED) is 0.733. The Labute approximate surface area is 145 Å². The summed E-state index contributed by atoms with van der Waals surface area (Å²) in [5, 5.41) is 0.0208. The van der Waals surface area contributed by atoms with E-state index in [0.717, 1.165) is 12.3 Å². The summed E-state index contributed by atoms with van der Waals surface area (Å²) in [4.78, 5) is 25.5. The van der Waals surface area contributed by atoms with Gasteiger partial charge in [0, 0.05) is 19.3 Å². The number of nitrogens with zero attached hydrogens (tertiary/aromatic N) is 1. The van der Waals surface area contributed by atoms with Gasteiger partial charge in [0.25, 0.3) is 5.91 Å². The summed E-state index contributed by atoms with van der Waals surface area (Å²) in [5.74, 6) is -1.11. The van der Waals surface area contributed by atoms with Crippen LogP contribution >= 0.6 is 11.6 Å². The highest BCUT2D eigenvalue weighted by Gasteiger charge is 2.23. The van der Waals surface area contributed by atoms with Gasteiger partial charge >= 0.3 is 5.97 Å². The molecule has 0 radical (unpaired) electrons. The summed E-state index contributed by atoms with van der Waals surface area (Å²) in [5.41, 5.74) is 0.0166. The Hall–Kier alpha value is -1.64. The van der Waals surface area contributed by atoms with E-state index in [4.69, 9.17) is 21.1 Å². The maximum Gasteiger partial charge on any atom is 0.338 e. The summed E-state index contributed by atoms with van der Waals surface area (Å²) in [7, 11) is -3.57. The molecule has 1 aromatic rings. The van der Waals surface area contributed by atoms with E-state index >= 15 is 0 Å². The number of carbonyl (C=O) groups is 2. The molecule has 1 fully saturated rings. The molecule has 1 aliphatic rings. The Kier molecular flexibility index (Phi) is 5.84. The molecule has 0 aliphatic carbocycles. The van der Waals surface area contributed by atoms with Gasteiger partial charge in [-0.25, -0.2) is 13.2 Å². The van der Waals surface area contributed by atoms with Crippen molar-refractivity contribution >= 4 is 33.3 Å². The topological polar surface area (TPSA) is 90.0 Å². The molecule has 1 atom stereocenters. The van der Waals surface area contributed by atoms with E-state index in [-0.39, 0.29) is 27.5 Å². The Morgan fingerprint density at radius 1 is 1.42 bits per heavy atom. The van der Waals surface area contributed by atoms with Crippen LogP contribution in [0.1, 0.15) is 17.3 Å². The Morgan fingerprint density at radius 3 is 2.75 bits per heavy atom. The van der Waals surface area contributed by atoms with Crippen LogP contribution in [-0.4, -0.2) is 63.9 Å². The van der Waals surface area contributed by atoms with E-state index in [1.165, 1.54) is 12.1 Å². The molecule has 0 saturated carbocycles. The summed E-state index contributed by atoms with van der Waals surface area (Å²) >= 11 is 5.82. The number of carbonyl (C=O) groups excluding carboxylic acids is 2. The molecule has 0 bridgehead atoms. The first-order valence-electron chi connectivity index (χ1n) is 7.24. The fraction of sp³-hybridized carbons (Fsp3) is 0.467. The maximum atomic E-state index is 12.0.